The molecule has 0 radical (unpaired) electrons. The third-order valence-electron chi connectivity index (χ3n) is 4.38. The fourth-order valence-electron chi connectivity index (χ4n) is 2.90. The fourth-order valence-corrected chi connectivity index (χ4v) is 3.63. The summed E-state index contributed by atoms with van der Waals surface area (Å²) in [4.78, 5) is 37.8. The van der Waals surface area contributed by atoms with Crippen molar-refractivity contribution in [1.29, 1.82) is 0 Å². The van der Waals surface area contributed by atoms with Crippen molar-refractivity contribution in [2.45, 2.75) is 17.7 Å². The molecule has 0 aliphatic carbocycles. The van der Waals surface area contributed by atoms with Gasteiger partial charge in [0.25, 0.3) is 11.8 Å². The van der Waals surface area contributed by atoms with Crippen LogP contribution < -0.4 is 10.0 Å². The molecule has 0 unspecified atom stereocenters. The molecule has 1 heterocycles. The predicted molar refractivity (Wildman–Crippen MR) is 102 cm³/mol. The summed E-state index contributed by atoms with van der Waals surface area (Å²) in [5.41, 5.74) is 1.22. The van der Waals surface area contributed by atoms with Crippen molar-refractivity contribution in [2.24, 2.45) is 0 Å². The number of hydrogen-bond acceptors (Lipinski definition) is 5. The van der Waals surface area contributed by atoms with Crippen molar-refractivity contribution in [3.8, 4) is 0 Å². The average Bonchev–Trinajstić information content (AvgIpc) is 2.93. The second-order valence-electron chi connectivity index (χ2n) is 6.19. The van der Waals surface area contributed by atoms with Crippen LogP contribution in [0.5, 0.6) is 0 Å². The molecule has 1 aliphatic heterocycles. The van der Waals surface area contributed by atoms with Crippen molar-refractivity contribution in [1.82, 2.24) is 9.62 Å². The number of nitrogens with one attached hydrogen (secondary N) is 2. The third kappa shape index (κ3) is 3.95. The SMILES string of the molecule is CNS(=O)(=O)c1ccc(NC(=O)CCCN2C(=O)c3ccccc3C2=O)cc1. The Labute approximate surface area is 162 Å². The first kappa shape index (κ1) is 19.7. The molecule has 0 bridgehead atoms. The number of carbonyl (C=O) groups excluding carboxylic acids is 3. The lowest BCUT2D eigenvalue weighted by Crippen LogP contribution is -2.31. The number of imide groups is 1. The summed E-state index contributed by atoms with van der Waals surface area (Å²) in [5.74, 6) is -0.981. The number of carbonyl (C=O) groups is 3. The number of nitrogens with zero attached hydrogens (tertiary/aromatic N) is 1. The molecule has 9 heteroatoms. The summed E-state index contributed by atoms with van der Waals surface area (Å²) in [7, 11) is -2.21. The standard InChI is InChI=1S/C19H19N3O5S/c1-20-28(26,27)14-10-8-13(9-11-14)21-17(23)7-4-12-22-18(24)15-5-2-3-6-16(15)19(22)25/h2-3,5-6,8-11,20H,4,7,12H2,1H3,(H,21,23). The van der Waals surface area contributed by atoms with Crippen LogP contribution in [-0.4, -0.2) is 44.6 Å². The number of sulfonamides is 1. The summed E-state index contributed by atoms with van der Waals surface area (Å²) >= 11 is 0. The molecule has 146 valence electrons. The first-order valence-electron chi connectivity index (χ1n) is 8.62. The monoisotopic (exact) mass is 401 g/mol. The van der Waals surface area contributed by atoms with Gasteiger partial charge in [-0.05, 0) is 49.9 Å². The topological polar surface area (TPSA) is 113 Å². The fraction of sp³-hybridized carbons (Fsp3) is 0.211. The van der Waals surface area contributed by atoms with E-state index in [0.717, 1.165) is 4.90 Å². The molecule has 2 aromatic carbocycles. The van der Waals surface area contributed by atoms with Gasteiger partial charge in [-0.2, -0.15) is 0 Å². The van der Waals surface area contributed by atoms with E-state index in [9.17, 15) is 22.8 Å². The number of amides is 3. The van der Waals surface area contributed by atoms with Crippen LogP contribution in [-0.2, 0) is 14.8 Å². The van der Waals surface area contributed by atoms with Gasteiger partial charge >= 0.3 is 0 Å². The van der Waals surface area contributed by atoms with Crippen LogP contribution in [0.2, 0.25) is 0 Å². The highest BCUT2D eigenvalue weighted by Gasteiger charge is 2.34. The quantitative estimate of drug-likeness (QED) is 0.685. The van der Waals surface area contributed by atoms with Gasteiger partial charge in [0.15, 0.2) is 0 Å². The molecular weight excluding hydrogens is 382 g/mol. The maximum atomic E-state index is 12.3. The lowest BCUT2D eigenvalue weighted by molar-refractivity contribution is -0.116. The van der Waals surface area contributed by atoms with Crippen molar-refractivity contribution >= 4 is 33.4 Å². The van der Waals surface area contributed by atoms with Crippen molar-refractivity contribution in [2.75, 3.05) is 18.9 Å². The molecule has 0 atom stereocenters. The zero-order valence-electron chi connectivity index (χ0n) is 15.1. The molecule has 3 amide bonds. The van der Waals surface area contributed by atoms with E-state index in [4.69, 9.17) is 0 Å². The van der Waals surface area contributed by atoms with Gasteiger partial charge in [-0.3, -0.25) is 19.3 Å². The van der Waals surface area contributed by atoms with Crippen molar-refractivity contribution in [3.63, 3.8) is 0 Å². The second kappa shape index (κ2) is 7.91. The van der Waals surface area contributed by atoms with E-state index in [1.54, 1.807) is 24.3 Å². The first-order chi connectivity index (χ1) is 13.3. The molecule has 1 aliphatic rings. The Morgan fingerprint density at radius 1 is 0.964 bits per heavy atom. The Morgan fingerprint density at radius 3 is 2.07 bits per heavy atom. The van der Waals surface area contributed by atoms with E-state index < -0.39 is 10.0 Å². The Hall–Kier alpha value is -3.04. The summed E-state index contributed by atoms with van der Waals surface area (Å²) in [5, 5.41) is 2.66. The molecule has 0 fully saturated rings. The number of rotatable bonds is 7. The highest BCUT2D eigenvalue weighted by Crippen LogP contribution is 2.22. The summed E-state index contributed by atoms with van der Waals surface area (Å²) in [6.45, 7) is 0.152. The van der Waals surface area contributed by atoms with Crippen LogP contribution in [0, 0.1) is 0 Å². The number of anilines is 1. The molecule has 2 aromatic rings. The zero-order valence-corrected chi connectivity index (χ0v) is 16.0. The van der Waals surface area contributed by atoms with E-state index in [1.807, 2.05) is 0 Å². The van der Waals surface area contributed by atoms with Gasteiger partial charge in [0.1, 0.15) is 0 Å². The van der Waals surface area contributed by atoms with E-state index in [2.05, 4.69) is 10.0 Å². The van der Waals surface area contributed by atoms with Gasteiger partial charge in [-0.15, -0.1) is 0 Å². The van der Waals surface area contributed by atoms with Gasteiger partial charge in [0.05, 0.1) is 16.0 Å². The largest absolute Gasteiger partial charge is 0.326 e. The first-order valence-corrected chi connectivity index (χ1v) is 10.1. The second-order valence-corrected chi connectivity index (χ2v) is 8.08. The molecule has 0 saturated carbocycles. The minimum absolute atomic E-state index is 0.0959. The smallest absolute Gasteiger partial charge is 0.261 e. The van der Waals surface area contributed by atoms with E-state index in [0.29, 0.717) is 23.2 Å². The molecule has 0 spiro atoms. The summed E-state index contributed by atoms with van der Waals surface area (Å²) in [6, 6.07) is 12.4. The van der Waals surface area contributed by atoms with Gasteiger partial charge in [0, 0.05) is 18.7 Å². The highest BCUT2D eigenvalue weighted by molar-refractivity contribution is 7.89. The lowest BCUT2D eigenvalue weighted by Gasteiger charge is -2.13. The molecule has 0 aromatic heterocycles. The Balaban J connectivity index is 1.52. The van der Waals surface area contributed by atoms with Crippen LogP contribution in [0.1, 0.15) is 33.6 Å². The Kier molecular flexibility index (Phi) is 5.57. The van der Waals surface area contributed by atoms with Gasteiger partial charge in [0.2, 0.25) is 15.9 Å². The van der Waals surface area contributed by atoms with Crippen molar-refractivity contribution < 1.29 is 22.8 Å². The van der Waals surface area contributed by atoms with Crippen LogP contribution in [0.4, 0.5) is 5.69 Å². The Morgan fingerprint density at radius 2 is 1.54 bits per heavy atom. The minimum atomic E-state index is -3.53. The van der Waals surface area contributed by atoms with Gasteiger partial charge in [-0.25, -0.2) is 13.1 Å². The zero-order chi connectivity index (χ0) is 20.3. The maximum absolute atomic E-state index is 12.3. The van der Waals surface area contributed by atoms with E-state index >= 15 is 0 Å². The van der Waals surface area contributed by atoms with Crippen LogP contribution in [0.25, 0.3) is 0 Å². The lowest BCUT2D eigenvalue weighted by atomic mass is 10.1. The van der Waals surface area contributed by atoms with Gasteiger partial charge in [-0.1, -0.05) is 12.1 Å². The minimum Gasteiger partial charge on any atom is -0.326 e. The molecular formula is C19H19N3O5S. The van der Waals surface area contributed by atoms with Crippen LogP contribution in [0.3, 0.4) is 0 Å². The third-order valence-corrected chi connectivity index (χ3v) is 5.81. The van der Waals surface area contributed by atoms with Crippen LogP contribution >= 0.6 is 0 Å². The summed E-state index contributed by atoms with van der Waals surface area (Å²) < 4.78 is 25.6. The number of benzene rings is 2. The molecule has 3 rings (SSSR count). The molecule has 2 N–H and O–H groups in total. The molecule has 28 heavy (non-hydrogen) atoms. The van der Waals surface area contributed by atoms with E-state index in [-0.39, 0.29) is 35.6 Å². The van der Waals surface area contributed by atoms with Crippen LogP contribution in [0.15, 0.2) is 53.4 Å². The molecule has 8 nitrogen and oxygen atoms in total. The average molecular weight is 401 g/mol. The normalized spacial score (nSPS) is 13.5. The Bertz CT molecular complexity index is 997. The highest BCUT2D eigenvalue weighted by atomic mass is 32.2. The van der Waals surface area contributed by atoms with Gasteiger partial charge < -0.3 is 5.32 Å². The maximum Gasteiger partial charge on any atom is 0.261 e. The predicted octanol–water partition coefficient (Wildman–Crippen LogP) is 1.61. The number of fused-ring (bicyclic) bond motifs is 1. The van der Waals surface area contributed by atoms with E-state index in [1.165, 1.54) is 31.3 Å². The summed E-state index contributed by atoms with van der Waals surface area (Å²) in [6.07, 6.45) is 0.438. The number of hydrogen-bond donors (Lipinski definition) is 2. The van der Waals surface area contributed by atoms with Crippen molar-refractivity contribution in [3.05, 3.63) is 59.7 Å². The molecule has 0 saturated heterocycles.